The number of amides is 1. The van der Waals surface area contributed by atoms with Crippen molar-refractivity contribution in [1.82, 2.24) is 20.1 Å². The van der Waals surface area contributed by atoms with Crippen LogP contribution in [0.5, 0.6) is 0 Å². The number of hydrogen-bond acceptors (Lipinski definition) is 5. The molecule has 3 aromatic rings. The molecule has 1 atom stereocenters. The molecule has 0 spiro atoms. The minimum absolute atomic E-state index is 0.0238. The van der Waals surface area contributed by atoms with Crippen LogP contribution in [0.25, 0.3) is 0 Å². The zero-order valence-electron chi connectivity index (χ0n) is 15.2. The largest absolute Gasteiger partial charge is 0.349 e. The summed E-state index contributed by atoms with van der Waals surface area (Å²) < 4.78 is 2.02. The van der Waals surface area contributed by atoms with Crippen molar-refractivity contribution < 1.29 is 4.79 Å². The van der Waals surface area contributed by atoms with Gasteiger partial charge in [0.25, 0.3) is 0 Å². The highest BCUT2D eigenvalue weighted by atomic mass is 32.2. The number of thiophene rings is 1. The fourth-order valence-corrected chi connectivity index (χ4v) is 4.16. The van der Waals surface area contributed by atoms with E-state index in [1.54, 1.807) is 11.3 Å². The van der Waals surface area contributed by atoms with Crippen molar-refractivity contribution in [2.45, 2.75) is 31.1 Å². The molecule has 0 aliphatic carbocycles. The molecule has 5 nitrogen and oxygen atoms in total. The molecule has 0 radical (unpaired) electrons. The van der Waals surface area contributed by atoms with Crippen molar-refractivity contribution in [3.05, 3.63) is 76.8 Å². The molecule has 1 amide bonds. The molecule has 27 heavy (non-hydrogen) atoms. The summed E-state index contributed by atoms with van der Waals surface area (Å²) in [4.78, 5) is 13.6. The average molecular weight is 399 g/mol. The monoisotopic (exact) mass is 398 g/mol. The van der Waals surface area contributed by atoms with E-state index in [0.717, 1.165) is 23.0 Å². The Kier molecular flexibility index (Phi) is 6.84. The fraction of sp³-hybridized carbons (Fsp3) is 0.250. The van der Waals surface area contributed by atoms with Gasteiger partial charge >= 0.3 is 0 Å². The van der Waals surface area contributed by atoms with Gasteiger partial charge in [0.2, 0.25) is 5.91 Å². The zero-order valence-corrected chi connectivity index (χ0v) is 16.8. The molecule has 0 aliphatic heterocycles. The molecule has 0 fully saturated rings. The molecule has 1 aromatic carbocycles. The summed E-state index contributed by atoms with van der Waals surface area (Å²) in [5, 5.41) is 14.4. The van der Waals surface area contributed by atoms with E-state index in [1.807, 2.05) is 54.0 Å². The quantitative estimate of drug-likeness (QED) is 0.436. The van der Waals surface area contributed by atoms with Gasteiger partial charge in [0.05, 0.1) is 11.8 Å². The summed E-state index contributed by atoms with van der Waals surface area (Å²) in [6, 6.07) is 14.0. The number of carbonyl (C=O) groups is 1. The highest BCUT2D eigenvalue weighted by molar-refractivity contribution is 7.99. The standard InChI is InChI=1S/C20H22N4OS2/c1-3-11-24-18(13-17-10-7-12-26-17)22-23-20(24)27-14-19(25)21-15(2)16-8-5-4-6-9-16/h3-10,12,15H,1,11,13-14H2,2H3,(H,21,25). The van der Waals surface area contributed by atoms with E-state index in [1.165, 1.54) is 16.6 Å². The Morgan fingerprint density at radius 3 is 2.81 bits per heavy atom. The van der Waals surface area contributed by atoms with Crippen LogP contribution in [0.2, 0.25) is 0 Å². The van der Waals surface area contributed by atoms with Crippen LogP contribution in [0.4, 0.5) is 0 Å². The molecular formula is C20H22N4OS2. The predicted octanol–water partition coefficient (Wildman–Crippen LogP) is 4.09. The van der Waals surface area contributed by atoms with Crippen molar-refractivity contribution in [1.29, 1.82) is 0 Å². The van der Waals surface area contributed by atoms with Gasteiger partial charge in [0.1, 0.15) is 5.82 Å². The number of allylic oxidation sites excluding steroid dienone is 1. The number of hydrogen-bond donors (Lipinski definition) is 1. The Hall–Kier alpha value is -2.38. The van der Waals surface area contributed by atoms with E-state index in [4.69, 9.17) is 0 Å². The Morgan fingerprint density at radius 1 is 1.30 bits per heavy atom. The van der Waals surface area contributed by atoms with Crippen LogP contribution in [0.3, 0.4) is 0 Å². The molecular weight excluding hydrogens is 376 g/mol. The topological polar surface area (TPSA) is 59.8 Å². The molecule has 0 bridgehead atoms. The summed E-state index contributed by atoms with van der Waals surface area (Å²) >= 11 is 3.10. The second-order valence-corrected chi connectivity index (χ2v) is 8.02. The first-order valence-corrected chi connectivity index (χ1v) is 10.6. The van der Waals surface area contributed by atoms with Gasteiger partial charge in [-0.05, 0) is 23.9 Å². The summed E-state index contributed by atoms with van der Waals surface area (Å²) in [6.45, 7) is 6.43. The van der Waals surface area contributed by atoms with E-state index in [9.17, 15) is 4.79 Å². The number of carbonyl (C=O) groups excluding carboxylic acids is 1. The van der Waals surface area contributed by atoms with Gasteiger partial charge in [0, 0.05) is 17.8 Å². The van der Waals surface area contributed by atoms with Gasteiger partial charge in [-0.2, -0.15) is 0 Å². The van der Waals surface area contributed by atoms with Gasteiger partial charge in [-0.15, -0.1) is 28.1 Å². The van der Waals surface area contributed by atoms with E-state index >= 15 is 0 Å². The first kappa shape index (κ1) is 19.4. The van der Waals surface area contributed by atoms with Crippen LogP contribution < -0.4 is 5.32 Å². The van der Waals surface area contributed by atoms with Gasteiger partial charge in [-0.25, -0.2) is 0 Å². The second-order valence-electron chi connectivity index (χ2n) is 6.04. The second kappa shape index (κ2) is 9.53. The Morgan fingerprint density at radius 2 is 2.11 bits per heavy atom. The van der Waals surface area contributed by atoms with Crippen molar-refractivity contribution in [3.63, 3.8) is 0 Å². The number of nitrogens with one attached hydrogen (secondary N) is 1. The maximum Gasteiger partial charge on any atom is 0.230 e. The van der Waals surface area contributed by atoms with Gasteiger partial charge in [-0.3, -0.25) is 4.79 Å². The van der Waals surface area contributed by atoms with Crippen molar-refractivity contribution >= 4 is 29.0 Å². The molecule has 140 valence electrons. The van der Waals surface area contributed by atoms with Crippen molar-refractivity contribution in [2.75, 3.05) is 5.75 Å². The fourth-order valence-electron chi connectivity index (χ4n) is 2.68. The normalized spacial score (nSPS) is 11.9. The SMILES string of the molecule is C=CCn1c(Cc2cccs2)nnc1SCC(=O)NC(C)c1ccccc1. The predicted molar refractivity (Wildman–Crippen MR) is 111 cm³/mol. The molecule has 2 aromatic heterocycles. The third-order valence-corrected chi connectivity index (χ3v) is 5.87. The van der Waals surface area contributed by atoms with Crippen LogP contribution in [0, 0.1) is 0 Å². The third kappa shape index (κ3) is 5.30. The number of thioether (sulfide) groups is 1. The number of nitrogens with zero attached hydrogens (tertiary/aromatic N) is 3. The molecule has 0 saturated carbocycles. The van der Waals surface area contributed by atoms with Crippen LogP contribution in [0.1, 0.15) is 29.2 Å². The van der Waals surface area contributed by atoms with Crippen molar-refractivity contribution in [2.24, 2.45) is 0 Å². The Labute approximate surface area is 167 Å². The molecule has 0 aliphatic rings. The minimum atomic E-state index is -0.0280. The molecule has 1 unspecified atom stereocenters. The van der Waals surface area contributed by atoms with Gasteiger partial charge < -0.3 is 9.88 Å². The average Bonchev–Trinajstić information content (AvgIpc) is 3.32. The maximum absolute atomic E-state index is 12.3. The first-order chi connectivity index (χ1) is 13.2. The summed E-state index contributed by atoms with van der Waals surface area (Å²) in [6.07, 6.45) is 2.55. The number of benzene rings is 1. The molecule has 7 heteroatoms. The summed E-state index contributed by atoms with van der Waals surface area (Å²) in [5.74, 6) is 1.16. The lowest BCUT2D eigenvalue weighted by atomic mass is 10.1. The van der Waals surface area contributed by atoms with Crippen LogP contribution in [-0.2, 0) is 17.8 Å². The van der Waals surface area contributed by atoms with Crippen LogP contribution >= 0.6 is 23.1 Å². The Balaban J connectivity index is 1.60. The maximum atomic E-state index is 12.3. The highest BCUT2D eigenvalue weighted by Crippen LogP contribution is 2.21. The third-order valence-electron chi connectivity index (χ3n) is 4.03. The van der Waals surface area contributed by atoms with E-state index in [-0.39, 0.29) is 11.9 Å². The van der Waals surface area contributed by atoms with E-state index in [2.05, 4.69) is 33.5 Å². The number of aromatic nitrogens is 3. The lowest BCUT2D eigenvalue weighted by Gasteiger charge is -2.14. The minimum Gasteiger partial charge on any atom is -0.349 e. The smallest absolute Gasteiger partial charge is 0.230 e. The molecule has 1 N–H and O–H groups in total. The number of rotatable bonds is 9. The summed E-state index contributed by atoms with van der Waals surface area (Å²) in [5.41, 5.74) is 1.09. The van der Waals surface area contributed by atoms with Crippen molar-refractivity contribution in [3.8, 4) is 0 Å². The molecule has 2 heterocycles. The van der Waals surface area contributed by atoms with Crippen LogP contribution in [-0.4, -0.2) is 26.4 Å². The van der Waals surface area contributed by atoms with E-state index in [0.29, 0.717) is 12.3 Å². The van der Waals surface area contributed by atoms with Gasteiger partial charge in [-0.1, -0.05) is 54.2 Å². The lowest BCUT2D eigenvalue weighted by molar-refractivity contribution is -0.119. The summed E-state index contributed by atoms with van der Waals surface area (Å²) in [7, 11) is 0. The van der Waals surface area contributed by atoms with E-state index < -0.39 is 0 Å². The van der Waals surface area contributed by atoms with Gasteiger partial charge in [0.15, 0.2) is 5.16 Å². The Bertz CT molecular complexity index is 875. The highest BCUT2D eigenvalue weighted by Gasteiger charge is 2.15. The zero-order chi connectivity index (χ0) is 19.1. The molecule has 0 saturated heterocycles. The lowest BCUT2D eigenvalue weighted by Crippen LogP contribution is -2.28. The van der Waals surface area contributed by atoms with Crippen LogP contribution in [0.15, 0.2) is 65.7 Å². The molecule has 3 rings (SSSR count). The first-order valence-electron chi connectivity index (χ1n) is 8.70.